The van der Waals surface area contributed by atoms with E-state index in [-0.39, 0.29) is 5.82 Å². The number of hydrogen-bond donors (Lipinski definition) is 2. The van der Waals surface area contributed by atoms with Gasteiger partial charge in [-0.3, -0.25) is 35.4 Å². The highest BCUT2D eigenvalue weighted by Crippen LogP contribution is 2.13. The summed E-state index contributed by atoms with van der Waals surface area (Å²) in [4.78, 5) is 26.9. The molecule has 0 spiro atoms. The van der Waals surface area contributed by atoms with E-state index < -0.39 is 27.1 Å². The van der Waals surface area contributed by atoms with Gasteiger partial charge in [0, 0.05) is 0 Å². The van der Waals surface area contributed by atoms with Gasteiger partial charge in [-0.2, -0.15) is 5.10 Å². The number of anilines is 1. The quantitative estimate of drug-likeness (QED) is 0.377. The van der Waals surface area contributed by atoms with Crippen LogP contribution in [0.25, 0.3) is 0 Å². The van der Waals surface area contributed by atoms with E-state index in [2.05, 4.69) is 15.5 Å². The van der Waals surface area contributed by atoms with Crippen LogP contribution in [0.4, 0.5) is 5.82 Å². The number of nitrogens with one attached hydrogen (secondary N) is 2. The fraction of sp³-hybridized carbons (Fsp3) is 0.400. The molecule has 1 aromatic rings. The van der Waals surface area contributed by atoms with Crippen molar-refractivity contribution in [2.75, 3.05) is 11.9 Å². The third-order valence-electron chi connectivity index (χ3n) is 1.89. The zero-order valence-electron chi connectivity index (χ0n) is 8.10. The highest BCUT2D eigenvalue weighted by Gasteiger charge is 2.70. The van der Waals surface area contributed by atoms with Crippen molar-refractivity contribution in [2.24, 2.45) is 0 Å². The summed E-state index contributed by atoms with van der Waals surface area (Å²) in [5.41, 5.74) is 0. The average Bonchev–Trinajstić information content (AvgIpc) is 2.69. The van der Waals surface area contributed by atoms with Crippen LogP contribution in [0.1, 0.15) is 0 Å². The summed E-state index contributed by atoms with van der Waals surface area (Å²) in [5, 5.41) is 39.5. The van der Waals surface area contributed by atoms with Gasteiger partial charge in [-0.05, 0) is 6.07 Å². The number of H-pyrrole nitrogens is 1. The Morgan fingerprint density at radius 3 is 2.12 bits per heavy atom. The van der Waals surface area contributed by atoms with Crippen LogP contribution >= 0.6 is 0 Å². The first kappa shape index (κ1) is 12.3. The molecule has 0 aromatic carbocycles. The van der Waals surface area contributed by atoms with Gasteiger partial charge in [-0.15, -0.1) is 0 Å². The molecule has 92 valence electrons. The highest BCUT2D eigenvalue weighted by molar-refractivity contribution is 5.31. The molecule has 17 heavy (non-hydrogen) atoms. The number of aromatic nitrogens is 2. The van der Waals surface area contributed by atoms with Gasteiger partial charge in [0.1, 0.15) is 5.82 Å². The van der Waals surface area contributed by atoms with Gasteiger partial charge >= 0.3 is 5.79 Å². The zero-order chi connectivity index (χ0) is 13.1. The molecule has 0 bridgehead atoms. The Bertz CT molecular complexity index is 406. The lowest BCUT2D eigenvalue weighted by Crippen LogP contribution is -2.57. The largest absolute Gasteiger partial charge is 0.717 e. The summed E-state index contributed by atoms with van der Waals surface area (Å²) in [7, 11) is 0. The SMILES string of the molecule is O=[N+]([O-])C(CNc1ccn[nH]1)([N+](=O)[O-])[N+](=O)[O-]. The lowest BCUT2D eigenvalue weighted by Gasteiger charge is -2.09. The first-order valence-corrected chi connectivity index (χ1v) is 4.08. The summed E-state index contributed by atoms with van der Waals surface area (Å²) < 4.78 is 0. The zero-order valence-corrected chi connectivity index (χ0v) is 8.10. The maximum atomic E-state index is 10.5. The van der Waals surface area contributed by atoms with Crippen LogP contribution in [-0.2, 0) is 0 Å². The van der Waals surface area contributed by atoms with Crippen molar-refractivity contribution in [2.45, 2.75) is 5.79 Å². The summed E-state index contributed by atoms with van der Waals surface area (Å²) in [6.45, 7) is -1.11. The minimum Gasteiger partial charge on any atom is -0.350 e. The lowest BCUT2D eigenvalue weighted by molar-refractivity contribution is -0.965. The Morgan fingerprint density at radius 2 is 1.76 bits per heavy atom. The van der Waals surface area contributed by atoms with E-state index in [1.807, 2.05) is 0 Å². The standard InChI is InChI=1S/C5H6N6O6/c12-9(13)5(10(14)15,11(16)17)3-6-4-1-2-7-8-4/h1-2H,3H2,(H2,6,7,8). The van der Waals surface area contributed by atoms with Crippen molar-refractivity contribution in [3.63, 3.8) is 0 Å². The highest BCUT2D eigenvalue weighted by atomic mass is 16.7. The molecule has 0 aliphatic heterocycles. The summed E-state index contributed by atoms with van der Waals surface area (Å²) in [6, 6.07) is 1.31. The minimum absolute atomic E-state index is 0.0972. The smallest absolute Gasteiger partial charge is 0.350 e. The van der Waals surface area contributed by atoms with Crippen LogP contribution in [0.2, 0.25) is 0 Å². The van der Waals surface area contributed by atoms with Crippen molar-refractivity contribution in [3.05, 3.63) is 42.6 Å². The molecule has 0 aliphatic rings. The van der Waals surface area contributed by atoms with E-state index in [0.717, 1.165) is 0 Å². The van der Waals surface area contributed by atoms with E-state index in [9.17, 15) is 30.3 Å². The van der Waals surface area contributed by atoms with Gasteiger partial charge in [-0.1, -0.05) is 0 Å². The molecule has 1 rings (SSSR count). The molecule has 0 saturated carbocycles. The van der Waals surface area contributed by atoms with Crippen molar-refractivity contribution < 1.29 is 14.8 Å². The fourth-order valence-corrected chi connectivity index (χ4v) is 0.962. The van der Waals surface area contributed by atoms with Gasteiger partial charge in [0.2, 0.25) is 6.54 Å². The van der Waals surface area contributed by atoms with E-state index in [4.69, 9.17) is 0 Å². The van der Waals surface area contributed by atoms with Crippen LogP contribution in [0, 0.1) is 30.3 Å². The van der Waals surface area contributed by atoms with E-state index in [1.54, 1.807) is 0 Å². The van der Waals surface area contributed by atoms with Gasteiger partial charge in [-0.25, -0.2) is 0 Å². The van der Waals surface area contributed by atoms with Crippen molar-refractivity contribution in [1.29, 1.82) is 0 Å². The molecule has 1 heterocycles. The molecule has 12 nitrogen and oxygen atoms in total. The maximum absolute atomic E-state index is 10.5. The van der Waals surface area contributed by atoms with Crippen molar-refractivity contribution in [3.8, 4) is 0 Å². The van der Waals surface area contributed by atoms with Crippen molar-refractivity contribution in [1.82, 2.24) is 10.2 Å². The Balaban J connectivity index is 2.95. The summed E-state index contributed by atoms with van der Waals surface area (Å²) in [5.74, 6) is -3.43. The first-order valence-electron chi connectivity index (χ1n) is 4.08. The second-order valence-electron chi connectivity index (χ2n) is 2.87. The lowest BCUT2D eigenvalue weighted by atomic mass is 10.3. The minimum atomic E-state index is -3.52. The predicted molar refractivity (Wildman–Crippen MR) is 50.8 cm³/mol. The van der Waals surface area contributed by atoms with Gasteiger partial charge in [0.25, 0.3) is 0 Å². The number of nitro groups is 3. The molecule has 0 fully saturated rings. The normalized spacial score (nSPS) is 10.8. The van der Waals surface area contributed by atoms with Gasteiger partial charge in [0.05, 0.1) is 6.20 Å². The molecule has 0 radical (unpaired) electrons. The third kappa shape index (κ3) is 2.09. The van der Waals surface area contributed by atoms with E-state index >= 15 is 0 Å². The molecular formula is C5H6N6O6. The first-order chi connectivity index (χ1) is 7.91. The summed E-state index contributed by atoms with van der Waals surface area (Å²) >= 11 is 0. The predicted octanol–water partition coefficient (Wildman–Crippen LogP) is -0.695. The van der Waals surface area contributed by atoms with Gasteiger partial charge in [0.15, 0.2) is 14.8 Å². The summed E-state index contributed by atoms with van der Waals surface area (Å²) in [6.07, 6.45) is 1.27. The van der Waals surface area contributed by atoms with Crippen LogP contribution in [0.3, 0.4) is 0 Å². The molecule has 0 unspecified atom stereocenters. The maximum Gasteiger partial charge on any atom is 0.717 e. The molecule has 1 aromatic heterocycles. The third-order valence-corrected chi connectivity index (χ3v) is 1.89. The Hall–Kier alpha value is -2.79. The number of nitrogens with zero attached hydrogens (tertiary/aromatic N) is 4. The Labute approximate surface area is 92.1 Å². The van der Waals surface area contributed by atoms with Crippen LogP contribution < -0.4 is 5.32 Å². The van der Waals surface area contributed by atoms with Crippen LogP contribution in [-0.4, -0.2) is 37.3 Å². The average molecular weight is 246 g/mol. The number of aromatic amines is 1. The van der Waals surface area contributed by atoms with Crippen LogP contribution in [0.5, 0.6) is 0 Å². The Kier molecular flexibility index (Phi) is 3.16. The topological polar surface area (TPSA) is 170 Å². The second-order valence-corrected chi connectivity index (χ2v) is 2.87. The number of rotatable bonds is 6. The van der Waals surface area contributed by atoms with E-state index in [1.165, 1.54) is 12.3 Å². The molecule has 2 N–H and O–H groups in total. The molecule has 0 atom stereocenters. The monoisotopic (exact) mass is 246 g/mol. The molecule has 0 aliphatic carbocycles. The molecule has 0 saturated heterocycles. The molecule has 0 amide bonds. The van der Waals surface area contributed by atoms with E-state index in [0.29, 0.717) is 0 Å². The van der Waals surface area contributed by atoms with Crippen molar-refractivity contribution >= 4 is 5.82 Å². The van der Waals surface area contributed by atoms with Gasteiger partial charge < -0.3 is 5.32 Å². The Morgan fingerprint density at radius 1 is 1.24 bits per heavy atom. The van der Waals surface area contributed by atoms with Crippen LogP contribution in [0.15, 0.2) is 12.3 Å². The number of hydrogen-bond acceptors (Lipinski definition) is 8. The second kappa shape index (κ2) is 4.38. The fourth-order valence-electron chi connectivity index (χ4n) is 0.962. The molecule has 12 heteroatoms. The molecular weight excluding hydrogens is 240 g/mol.